The first-order valence-electron chi connectivity index (χ1n) is 7.35. The van der Waals surface area contributed by atoms with Crippen LogP contribution in [0.15, 0.2) is 18.2 Å². The molecule has 106 valence electrons. The lowest BCUT2D eigenvalue weighted by Gasteiger charge is -2.35. The summed E-state index contributed by atoms with van der Waals surface area (Å²) in [7, 11) is 4.28. The Balaban J connectivity index is 1.82. The Morgan fingerprint density at radius 1 is 1.10 bits per heavy atom. The van der Waals surface area contributed by atoms with Crippen LogP contribution in [-0.2, 0) is 6.42 Å². The maximum absolute atomic E-state index is 9.58. The van der Waals surface area contributed by atoms with E-state index in [0.717, 1.165) is 44.7 Å². The summed E-state index contributed by atoms with van der Waals surface area (Å²) >= 11 is 0. The Labute approximate surface area is 121 Å². The maximum Gasteiger partial charge on any atom is 0.123 e. The fraction of sp³-hybridized carbons (Fsp3) is 0.562. The minimum atomic E-state index is -0.0973. The highest BCUT2D eigenvalue weighted by Gasteiger charge is 2.25. The van der Waals surface area contributed by atoms with Crippen molar-refractivity contribution < 1.29 is 0 Å². The van der Waals surface area contributed by atoms with Gasteiger partial charge in [0.15, 0.2) is 0 Å². The molecular formula is C16H22N4. The fourth-order valence-corrected chi connectivity index (χ4v) is 3.20. The van der Waals surface area contributed by atoms with Crippen molar-refractivity contribution >= 4 is 5.69 Å². The Morgan fingerprint density at radius 2 is 1.85 bits per heavy atom. The van der Waals surface area contributed by atoms with E-state index < -0.39 is 0 Å². The van der Waals surface area contributed by atoms with Crippen molar-refractivity contribution in [2.24, 2.45) is 0 Å². The van der Waals surface area contributed by atoms with Gasteiger partial charge in [-0.25, -0.2) is 0 Å². The number of hydrogen-bond acceptors (Lipinski definition) is 4. The quantitative estimate of drug-likeness (QED) is 0.815. The molecule has 3 rings (SSSR count). The number of nitriles is 1. The van der Waals surface area contributed by atoms with E-state index in [1.807, 2.05) is 0 Å². The molecule has 20 heavy (non-hydrogen) atoms. The molecule has 2 heterocycles. The lowest BCUT2D eigenvalue weighted by atomic mass is 10.0. The van der Waals surface area contributed by atoms with Crippen molar-refractivity contribution in [2.75, 3.05) is 51.7 Å². The summed E-state index contributed by atoms with van der Waals surface area (Å²) in [6.45, 7) is 5.14. The van der Waals surface area contributed by atoms with Crippen LogP contribution in [0.3, 0.4) is 0 Å². The van der Waals surface area contributed by atoms with Crippen LogP contribution in [0, 0.1) is 11.3 Å². The molecule has 1 fully saturated rings. The number of anilines is 1. The van der Waals surface area contributed by atoms with Crippen molar-refractivity contribution in [1.82, 2.24) is 9.80 Å². The molecular weight excluding hydrogens is 248 g/mol. The van der Waals surface area contributed by atoms with E-state index in [0.29, 0.717) is 0 Å². The van der Waals surface area contributed by atoms with Crippen LogP contribution in [0.25, 0.3) is 0 Å². The van der Waals surface area contributed by atoms with Gasteiger partial charge in [0.1, 0.15) is 6.04 Å². The Morgan fingerprint density at radius 3 is 2.55 bits per heavy atom. The van der Waals surface area contributed by atoms with Crippen molar-refractivity contribution in [3.8, 4) is 6.07 Å². The largest absolute Gasteiger partial charge is 0.374 e. The predicted molar refractivity (Wildman–Crippen MR) is 80.8 cm³/mol. The van der Waals surface area contributed by atoms with Gasteiger partial charge in [0.05, 0.1) is 6.07 Å². The van der Waals surface area contributed by atoms with Crippen LogP contribution in [-0.4, -0.2) is 56.6 Å². The minimum absolute atomic E-state index is 0.0973. The van der Waals surface area contributed by atoms with Gasteiger partial charge in [-0.15, -0.1) is 0 Å². The van der Waals surface area contributed by atoms with E-state index in [2.05, 4.69) is 53.1 Å². The standard InChI is InChI=1S/C16H22N4/c1-18-7-9-20(10-8-18)16(12-17)13-3-4-15-14(11-13)5-6-19(15)2/h3-4,11,16H,5-10H2,1-2H3/t16-/m1/s1. The van der Waals surface area contributed by atoms with E-state index in [9.17, 15) is 5.26 Å². The molecule has 0 aliphatic carbocycles. The molecule has 4 nitrogen and oxygen atoms in total. The molecule has 0 saturated carbocycles. The maximum atomic E-state index is 9.58. The first kappa shape index (κ1) is 13.4. The van der Waals surface area contributed by atoms with Gasteiger partial charge >= 0.3 is 0 Å². The molecule has 1 atom stereocenters. The second-order valence-electron chi connectivity index (χ2n) is 5.93. The average molecular weight is 270 g/mol. The number of hydrogen-bond donors (Lipinski definition) is 0. The molecule has 2 aliphatic rings. The number of likely N-dealkylation sites (N-methyl/N-ethyl adjacent to an activating group) is 2. The molecule has 0 bridgehead atoms. The lowest BCUT2D eigenvalue weighted by molar-refractivity contribution is 0.133. The van der Waals surface area contributed by atoms with E-state index >= 15 is 0 Å². The molecule has 4 heteroatoms. The van der Waals surface area contributed by atoms with Gasteiger partial charge in [-0.3, -0.25) is 4.90 Å². The third-order valence-corrected chi connectivity index (χ3v) is 4.57. The zero-order valence-electron chi connectivity index (χ0n) is 12.3. The molecule has 0 aromatic heterocycles. The molecule has 0 amide bonds. The normalized spacial score (nSPS) is 21.6. The summed E-state index contributed by atoms with van der Waals surface area (Å²) < 4.78 is 0. The van der Waals surface area contributed by atoms with Gasteiger partial charge in [-0.1, -0.05) is 12.1 Å². The second kappa shape index (κ2) is 5.43. The number of piperazine rings is 1. The van der Waals surface area contributed by atoms with Crippen molar-refractivity contribution in [1.29, 1.82) is 5.26 Å². The van der Waals surface area contributed by atoms with Crippen LogP contribution in [0.4, 0.5) is 5.69 Å². The summed E-state index contributed by atoms with van der Waals surface area (Å²) in [6, 6.07) is 8.95. The lowest BCUT2D eigenvalue weighted by Crippen LogP contribution is -2.45. The Bertz CT molecular complexity index is 526. The van der Waals surface area contributed by atoms with Crippen LogP contribution in [0.2, 0.25) is 0 Å². The third kappa shape index (κ3) is 2.39. The van der Waals surface area contributed by atoms with Crippen molar-refractivity contribution in [3.63, 3.8) is 0 Å². The Hall–Kier alpha value is -1.57. The van der Waals surface area contributed by atoms with E-state index in [1.54, 1.807) is 0 Å². The summed E-state index contributed by atoms with van der Waals surface area (Å²) in [4.78, 5) is 6.92. The number of nitrogens with zero attached hydrogens (tertiary/aromatic N) is 4. The SMILES string of the molecule is CN1CCN([C@H](C#N)c2ccc3c(c2)CCN3C)CC1. The molecule has 0 N–H and O–H groups in total. The summed E-state index contributed by atoms with van der Waals surface area (Å²) in [5.74, 6) is 0. The number of fused-ring (bicyclic) bond motifs is 1. The zero-order valence-corrected chi connectivity index (χ0v) is 12.3. The van der Waals surface area contributed by atoms with Crippen LogP contribution in [0.1, 0.15) is 17.2 Å². The van der Waals surface area contributed by atoms with Crippen molar-refractivity contribution in [3.05, 3.63) is 29.3 Å². The highest BCUT2D eigenvalue weighted by atomic mass is 15.3. The van der Waals surface area contributed by atoms with Crippen LogP contribution < -0.4 is 4.90 Å². The molecule has 1 aromatic rings. The smallest absolute Gasteiger partial charge is 0.123 e. The average Bonchev–Trinajstić information content (AvgIpc) is 2.83. The predicted octanol–water partition coefficient (Wildman–Crippen LogP) is 1.49. The monoisotopic (exact) mass is 270 g/mol. The minimum Gasteiger partial charge on any atom is -0.374 e. The van der Waals surface area contributed by atoms with Gasteiger partial charge < -0.3 is 9.80 Å². The van der Waals surface area contributed by atoms with Gasteiger partial charge in [-0.05, 0) is 30.7 Å². The fourth-order valence-electron chi connectivity index (χ4n) is 3.20. The first-order chi connectivity index (χ1) is 9.69. The molecule has 2 aliphatic heterocycles. The number of rotatable bonds is 2. The number of benzene rings is 1. The second-order valence-corrected chi connectivity index (χ2v) is 5.93. The van der Waals surface area contributed by atoms with Gasteiger partial charge in [-0.2, -0.15) is 5.26 Å². The molecule has 0 unspecified atom stereocenters. The highest BCUT2D eigenvalue weighted by molar-refractivity contribution is 5.59. The zero-order chi connectivity index (χ0) is 14.1. The summed E-state index contributed by atoms with van der Waals surface area (Å²) in [5.41, 5.74) is 3.87. The molecule has 0 radical (unpaired) electrons. The molecule has 0 spiro atoms. The van der Waals surface area contributed by atoms with E-state index in [1.165, 1.54) is 11.3 Å². The summed E-state index contributed by atoms with van der Waals surface area (Å²) in [6.07, 6.45) is 1.10. The topological polar surface area (TPSA) is 33.5 Å². The molecule has 1 aromatic carbocycles. The highest BCUT2D eigenvalue weighted by Crippen LogP contribution is 2.31. The van der Waals surface area contributed by atoms with E-state index in [4.69, 9.17) is 0 Å². The van der Waals surface area contributed by atoms with Crippen LogP contribution >= 0.6 is 0 Å². The van der Waals surface area contributed by atoms with E-state index in [-0.39, 0.29) is 6.04 Å². The van der Waals surface area contributed by atoms with Gasteiger partial charge in [0.2, 0.25) is 0 Å². The Kier molecular flexibility index (Phi) is 3.64. The first-order valence-corrected chi connectivity index (χ1v) is 7.35. The van der Waals surface area contributed by atoms with Gasteiger partial charge in [0.25, 0.3) is 0 Å². The van der Waals surface area contributed by atoms with Crippen LogP contribution in [0.5, 0.6) is 0 Å². The van der Waals surface area contributed by atoms with Crippen molar-refractivity contribution in [2.45, 2.75) is 12.5 Å². The molecule has 1 saturated heterocycles. The van der Waals surface area contributed by atoms with Gasteiger partial charge in [0, 0.05) is 45.5 Å². The summed E-state index contributed by atoms with van der Waals surface area (Å²) in [5, 5.41) is 9.58. The third-order valence-electron chi connectivity index (χ3n) is 4.57.